The van der Waals surface area contributed by atoms with Crippen molar-refractivity contribution >= 4 is 17.6 Å². The van der Waals surface area contributed by atoms with Crippen molar-refractivity contribution in [1.29, 1.82) is 0 Å². The molecule has 0 amide bonds. The van der Waals surface area contributed by atoms with Gasteiger partial charge in [-0.05, 0) is 48.6 Å². The molecule has 0 spiro atoms. The van der Waals surface area contributed by atoms with E-state index in [1.165, 1.54) is 18.3 Å². The van der Waals surface area contributed by atoms with Gasteiger partial charge >= 0.3 is 0 Å². The lowest BCUT2D eigenvalue weighted by Gasteiger charge is -2.07. The highest BCUT2D eigenvalue weighted by molar-refractivity contribution is 6.01. The first-order valence-electron chi connectivity index (χ1n) is 8.11. The van der Waals surface area contributed by atoms with E-state index in [-0.39, 0.29) is 24.3 Å². The summed E-state index contributed by atoms with van der Waals surface area (Å²) in [5.41, 5.74) is 2.73. The molecule has 2 aromatic rings. The SMILES string of the molecule is O=C(CCC(=O)c1ncccc1F)c1ccc2c(c1)CCCC=C2. The normalized spacial score (nSPS) is 13.2. The van der Waals surface area contributed by atoms with Gasteiger partial charge in [0.05, 0.1) is 0 Å². The van der Waals surface area contributed by atoms with Crippen molar-refractivity contribution in [2.24, 2.45) is 0 Å². The van der Waals surface area contributed by atoms with Gasteiger partial charge < -0.3 is 0 Å². The van der Waals surface area contributed by atoms with Gasteiger partial charge in [0.2, 0.25) is 0 Å². The standard InChI is InChI=1S/C20H18FNO2/c21-17-7-4-12-22-20(17)19(24)11-10-18(23)16-9-8-14-5-2-1-3-6-15(14)13-16/h2,4-5,7-9,12-13H,1,3,6,10-11H2. The number of aromatic nitrogens is 1. The zero-order valence-corrected chi connectivity index (χ0v) is 13.3. The van der Waals surface area contributed by atoms with Crippen LogP contribution in [0.2, 0.25) is 0 Å². The van der Waals surface area contributed by atoms with Crippen molar-refractivity contribution in [3.05, 3.63) is 70.8 Å². The maximum atomic E-state index is 13.5. The minimum Gasteiger partial charge on any atom is -0.294 e. The molecule has 4 heteroatoms. The number of benzene rings is 1. The Kier molecular flexibility index (Phi) is 4.94. The molecule has 1 aromatic heterocycles. The monoisotopic (exact) mass is 323 g/mol. The molecule has 1 heterocycles. The molecule has 0 saturated heterocycles. The fraction of sp³-hybridized carbons (Fsp3) is 0.250. The largest absolute Gasteiger partial charge is 0.294 e. The van der Waals surface area contributed by atoms with Crippen molar-refractivity contribution < 1.29 is 14.0 Å². The highest BCUT2D eigenvalue weighted by atomic mass is 19.1. The summed E-state index contributed by atoms with van der Waals surface area (Å²) in [6, 6.07) is 8.29. The summed E-state index contributed by atoms with van der Waals surface area (Å²) < 4.78 is 13.5. The summed E-state index contributed by atoms with van der Waals surface area (Å²) in [4.78, 5) is 28.1. The predicted octanol–water partition coefficient (Wildman–Crippen LogP) is 4.42. The molecule has 122 valence electrons. The lowest BCUT2D eigenvalue weighted by Crippen LogP contribution is -2.09. The summed E-state index contributed by atoms with van der Waals surface area (Å²) >= 11 is 0. The van der Waals surface area contributed by atoms with Crippen LogP contribution in [0.3, 0.4) is 0 Å². The van der Waals surface area contributed by atoms with Gasteiger partial charge in [0.25, 0.3) is 0 Å². The van der Waals surface area contributed by atoms with Crippen LogP contribution in [0.15, 0.2) is 42.6 Å². The van der Waals surface area contributed by atoms with Gasteiger partial charge in [-0.1, -0.05) is 24.3 Å². The van der Waals surface area contributed by atoms with Gasteiger partial charge in [-0.3, -0.25) is 14.6 Å². The van der Waals surface area contributed by atoms with Crippen molar-refractivity contribution in [3.63, 3.8) is 0 Å². The fourth-order valence-corrected chi connectivity index (χ4v) is 2.86. The maximum Gasteiger partial charge on any atom is 0.184 e. The minimum absolute atomic E-state index is 0.0379. The molecule has 0 bridgehead atoms. The zero-order valence-electron chi connectivity index (χ0n) is 13.3. The first kappa shape index (κ1) is 16.2. The lowest BCUT2D eigenvalue weighted by atomic mass is 9.97. The Balaban J connectivity index is 1.67. The number of fused-ring (bicyclic) bond motifs is 1. The summed E-state index contributed by atoms with van der Waals surface area (Å²) in [5, 5.41) is 0. The predicted molar refractivity (Wildman–Crippen MR) is 90.5 cm³/mol. The second-order valence-electron chi connectivity index (χ2n) is 5.89. The van der Waals surface area contributed by atoms with Gasteiger partial charge in [0.15, 0.2) is 17.4 Å². The van der Waals surface area contributed by atoms with Crippen molar-refractivity contribution in [1.82, 2.24) is 4.98 Å². The fourth-order valence-electron chi connectivity index (χ4n) is 2.86. The topological polar surface area (TPSA) is 47.0 Å². The molecule has 0 saturated carbocycles. The number of Topliss-reactive ketones (excluding diaryl/α,β-unsaturated/α-hetero) is 2. The Hall–Kier alpha value is -2.62. The van der Waals surface area contributed by atoms with Crippen LogP contribution in [0.4, 0.5) is 4.39 Å². The first-order chi connectivity index (χ1) is 11.6. The van der Waals surface area contributed by atoms with Crippen LogP contribution in [-0.2, 0) is 6.42 Å². The van der Waals surface area contributed by atoms with Crippen LogP contribution in [0, 0.1) is 5.82 Å². The summed E-state index contributed by atoms with van der Waals surface area (Å²) in [6.07, 6.45) is 8.69. The van der Waals surface area contributed by atoms with Crippen LogP contribution >= 0.6 is 0 Å². The zero-order chi connectivity index (χ0) is 16.9. The molecule has 24 heavy (non-hydrogen) atoms. The first-order valence-corrected chi connectivity index (χ1v) is 8.11. The molecule has 1 aliphatic rings. The number of hydrogen-bond acceptors (Lipinski definition) is 3. The third-order valence-corrected chi connectivity index (χ3v) is 4.18. The number of aryl methyl sites for hydroxylation is 1. The van der Waals surface area contributed by atoms with Crippen LogP contribution in [-0.4, -0.2) is 16.6 Å². The minimum atomic E-state index is -0.647. The number of carbonyl (C=O) groups is 2. The van der Waals surface area contributed by atoms with Crippen LogP contribution in [0.5, 0.6) is 0 Å². The molecule has 1 aliphatic carbocycles. The second-order valence-corrected chi connectivity index (χ2v) is 5.89. The van der Waals surface area contributed by atoms with Crippen molar-refractivity contribution in [2.75, 3.05) is 0 Å². The highest BCUT2D eigenvalue weighted by Crippen LogP contribution is 2.21. The molecule has 0 fully saturated rings. The van der Waals surface area contributed by atoms with E-state index in [1.54, 1.807) is 6.07 Å². The van der Waals surface area contributed by atoms with E-state index in [1.807, 2.05) is 12.1 Å². The molecule has 1 aromatic carbocycles. The number of pyridine rings is 1. The molecule has 3 nitrogen and oxygen atoms in total. The average Bonchev–Trinajstić information content (AvgIpc) is 2.84. The molecule has 3 rings (SSSR count). The van der Waals surface area contributed by atoms with Crippen LogP contribution in [0.25, 0.3) is 6.08 Å². The number of halogens is 1. The van der Waals surface area contributed by atoms with E-state index < -0.39 is 11.6 Å². The molecule has 0 atom stereocenters. The van der Waals surface area contributed by atoms with E-state index in [2.05, 4.69) is 17.1 Å². The Morgan fingerprint density at radius 2 is 1.96 bits per heavy atom. The number of allylic oxidation sites excluding steroid dienone is 1. The van der Waals surface area contributed by atoms with Gasteiger partial charge in [-0.15, -0.1) is 0 Å². The smallest absolute Gasteiger partial charge is 0.184 e. The number of carbonyl (C=O) groups excluding carboxylic acids is 2. The van der Waals surface area contributed by atoms with Gasteiger partial charge in [-0.2, -0.15) is 0 Å². The van der Waals surface area contributed by atoms with Gasteiger partial charge in [-0.25, -0.2) is 4.39 Å². The third-order valence-electron chi connectivity index (χ3n) is 4.18. The molecule has 0 unspecified atom stereocenters. The summed E-state index contributed by atoms with van der Waals surface area (Å²) in [6.45, 7) is 0. The van der Waals surface area contributed by atoms with Crippen molar-refractivity contribution in [3.8, 4) is 0 Å². The quantitative estimate of drug-likeness (QED) is 0.765. The van der Waals surface area contributed by atoms with Crippen LogP contribution in [0.1, 0.15) is 57.7 Å². The van der Waals surface area contributed by atoms with Crippen molar-refractivity contribution in [2.45, 2.75) is 32.1 Å². The summed E-state index contributed by atoms with van der Waals surface area (Å²) in [7, 11) is 0. The molecule has 0 aliphatic heterocycles. The van der Waals surface area contributed by atoms with Gasteiger partial charge in [0.1, 0.15) is 5.69 Å². The number of rotatable bonds is 5. The molecular formula is C20H18FNO2. The van der Waals surface area contributed by atoms with E-state index in [0.29, 0.717) is 5.56 Å². The van der Waals surface area contributed by atoms with Gasteiger partial charge in [0, 0.05) is 24.6 Å². The molecule has 0 radical (unpaired) electrons. The second kappa shape index (κ2) is 7.30. The average molecular weight is 323 g/mol. The van der Waals surface area contributed by atoms with E-state index in [4.69, 9.17) is 0 Å². The Morgan fingerprint density at radius 1 is 1.12 bits per heavy atom. The Bertz CT molecular complexity index is 811. The Labute approximate surface area is 140 Å². The maximum absolute atomic E-state index is 13.5. The Morgan fingerprint density at radius 3 is 2.79 bits per heavy atom. The van der Waals surface area contributed by atoms with E-state index in [9.17, 15) is 14.0 Å². The molecular weight excluding hydrogens is 305 g/mol. The number of hydrogen-bond donors (Lipinski definition) is 0. The lowest BCUT2D eigenvalue weighted by molar-refractivity contribution is 0.0912. The van der Waals surface area contributed by atoms with E-state index >= 15 is 0 Å². The third kappa shape index (κ3) is 3.65. The number of ketones is 2. The van der Waals surface area contributed by atoms with Crippen LogP contribution < -0.4 is 0 Å². The number of nitrogens with zero attached hydrogens (tertiary/aromatic N) is 1. The molecule has 0 N–H and O–H groups in total. The highest BCUT2D eigenvalue weighted by Gasteiger charge is 2.16. The van der Waals surface area contributed by atoms with E-state index in [0.717, 1.165) is 30.4 Å². The summed E-state index contributed by atoms with van der Waals surface area (Å²) in [5.74, 6) is -1.19.